The van der Waals surface area contributed by atoms with Crippen LogP contribution in [0.3, 0.4) is 0 Å². The Kier molecular flexibility index (Phi) is 7.51. The molecule has 0 saturated carbocycles. The molecule has 1 aromatic heterocycles. The topological polar surface area (TPSA) is 84.2 Å². The average molecular weight is 515 g/mol. The Labute approximate surface area is 208 Å². The van der Waals surface area contributed by atoms with Crippen LogP contribution >= 0.6 is 0 Å². The van der Waals surface area contributed by atoms with E-state index in [-0.39, 0.29) is 34.3 Å². The monoisotopic (exact) mass is 514 g/mol. The maximum absolute atomic E-state index is 14.1. The third kappa shape index (κ3) is 5.97. The van der Waals surface area contributed by atoms with Crippen LogP contribution in [0.5, 0.6) is 17.2 Å². The SMILES string of the molecule is CCOC(=O)c1oc2c(C)c(O[Si](C)(C)C)cc(O[Si](C)(C)C)c2c(=O)c1-c1ccc(OC)cc1. The van der Waals surface area contributed by atoms with Gasteiger partial charge in [-0.1, -0.05) is 12.1 Å². The first kappa shape index (κ1) is 26.6. The van der Waals surface area contributed by atoms with Crippen LogP contribution in [-0.2, 0) is 4.74 Å². The molecule has 0 spiro atoms. The Balaban J connectivity index is 2.46. The minimum Gasteiger partial charge on any atom is -0.544 e. The van der Waals surface area contributed by atoms with Crippen LogP contribution in [-0.4, -0.2) is 36.3 Å². The van der Waals surface area contributed by atoms with Gasteiger partial charge < -0.3 is 22.7 Å². The van der Waals surface area contributed by atoms with Gasteiger partial charge in [0.15, 0.2) is 0 Å². The average Bonchev–Trinajstić information content (AvgIpc) is 2.74. The van der Waals surface area contributed by atoms with Crippen LogP contribution < -0.4 is 19.0 Å². The molecule has 0 aliphatic heterocycles. The summed E-state index contributed by atoms with van der Waals surface area (Å²) in [5.41, 5.74) is 1.17. The summed E-state index contributed by atoms with van der Waals surface area (Å²) in [6, 6.07) is 8.67. The molecule has 9 heteroatoms. The summed E-state index contributed by atoms with van der Waals surface area (Å²) in [6.45, 7) is 16.0. The maximum atomic E-state index is 14.1. The summed E-state index contributed by atoms with van der Waals surface area (Å²) >= 11 is 0. The molecule has 0 saturated heterocycles. The fourth-order valence-corrected chi connectivity index (χ4v) is 5.33. The number of ether oxygens (including phenoxy) is 2. The minimum atomic E-state index is -2.13. The molecule has 0 atom stereocenters. The number of hydrogen-bond acceptors (Lipinski definition) is 7. The van der Waals surface area contributed by atoms with E-state index in [0.717, 1.165) is 0 Å². The highest BCUT2D eigenvalue weighted by atomic mass is 28.4. The first-order valence-corrected chi connectivity index (χ1v) is 18.4. The second kappa shape index (κ2) is 9.90. The second-order valence-electron chi connectivity index (χ2n) is 10.2. The number of rotatable bonds is 8. The Morgan fingerprint density at radius 3 is 2.03 bits per heavy atom. The fourth-order valence-electron chi connectivity index (χ4n) is 3.64. The van der Waals surface area contributed by atoms with Crippen molar-refractivity contribution in [3.8, 4) is 28.4 Å². The number of benzene rings is 2. The Morgan fingerprint density at radius 2 is 1.51 bits per heavy atom. The van der Waals surface area contributed by atoms with Crippen molar-refractivity contribution in [3.05, 3.63) is 51.9 Å². The summed E-state index contributed by atoms with van der Waals surface area (Å²) in [5, 5.41) is 0.284. The molecule has 0 fully saturated rings. The van der Waals surface area contributed by atoms with Gasteiger partial charge in [0, 0.05) is 11.6 Å². The van der Waals surface area contributed by atoms with E-state index >= 15 is 0 Å². The summed E-state index contributed by atoms with van der Waals surface area (Å²) in [6.07, 6.45) is 0. The van der Waals surface area contributed by atoms with Gasteiger partial charge in [-0.25, -0.2) is 4.79 Å². The molecule has 0 N–H and O–H groups in total. The van der Waals surface area contributed by atoms with E-state index in [1.807, 2.05) is 26.6 Å². The zero-order valence-electron chi connectivity index (χ0n) is 22.0. The van der Waals surface area contributed by atoms with Gasteiger partial charge in [-0.3, -0.25) is 4.79 Å². The third-order valence-electron chi connectivity index (χ3n) is 5.00. The largest absolute Gasteiger partial charge is 0.544 e. The van der Waals surface area contributed by atoms with E-state index < -0.39 is 22.6 Å². The molecule has 1 heterocycles. The second-order valence-corrected chi connectivity index (χ2v) is 19.1. The van der Waals surface area contributed by atoms with Gasteiger partial charge >= 0.3 is 5.97 Å². The van der Waals surface area contributed by atoms with E-state index in [1.165, 1.54) is 0 Å². The van der Waals surface area contributed by atoms with Gasteiger partial charge in [-0.05, 0) is 70.8 Å². The molecule has 3 rings (SSSR count). The van der Waals surface area contributed by atoms with Crippen molar-refractivity contribution in [2.45, 2.75) is 53.1 Å². The van der Waals surface area contributed by atoms with Crippen molar-refractivity contribution in [2.24, 2.45) is 0 Å². The highest BCUT2D eigenvalue weighted by Gasteiger charge is 2.29. The molecule has 0 radical (unpaired) electrons. The number of fused-ring (bicyclic) bond motifs is 1. The van der Waals surface area contributed by atoms with Crippen molar-refractivity contribution in [1.29, 1.82) is 0 Å². The number of esters is 1. The van der Waals surface area contributed by atoms with Crippen LogP contribution in [0.4, 0.5) is 0 Å². The van der Waals surface area contributed by atoms with Crippen LogP contribution in [0.15, 0.2) is 39.5 Å². The van der Waals surface area contributed by atoms with Crippen LogP contribution in [0, 0.1) is 6.92 Å². The quantitative estimate of drug-likeness (QED) is 0.255. The Bertz CT molecular complexity index is 1300. The lowest BCUT2D eigenvalue weighted by Crippen LogP contribution is -2.31. The first-order valence-electron chi connectivity index (χ1n) is 11.6. The lowest BCUT2D eigenvalue weighted by atomic mass is 10.00. The molecular formula is C26H34O7Si2. The minimum absolute atomic E-state index is 0.122. The maximum Gasteiger partial charge on any atom is 0.375 e. The number of hydrogen-bond donors (Lipinski definition) is 0. The Morgan fingerprint density at radius 1 is 0.943 bits per heavy atom. The van der Waals surface area contributed by atoms with Gasteiger partial charge in [0.25, 0.3) is 0 Å². The zero-order valence-corrected chi connectivity index (χ0v) is 24.0. The fraction of sp³-hybridized carbons (Fsp3) is 0.385. The number of carbonyl (C=O) groups is 1. The molecule has 3 aromatic rings. The summed E-state index contributed by atoms with van der Waals surface area (Å²) in [4.78, 5) is 27.0. The van der Waals surface area contributed by atoms with Gasteiger partial charge in [-0.2, -0.15) is 0 Å². The van der Waals surface area contributed by atoms with E-state index in [2.05, 4.69) is 19.6 Å². The van der Waals surface area contributed by atoms with Gasteiger partial charge in [-0.15, -0.1) is 0 Å². The van der Waals surface area contributed by atoms with E-state index in [0.29, 0.717) is 28.4 Å². The predicted molar refractivity (Wildman–Crippen MR) is 143 cm³/mol. The molecule has 188 valence electrons. The highest BCUT2D eigenvalue weighted by Crippen LogP contribution is 2.39. The van der Waals surface area contributed by atoms with Crippen molar-refractivity contribution in [3.63, 3.8) is 0 Å². The van der Waals surface area contributed by atoms with Crippen molar-refractivity contribution in [1.82, 2.24) is 0 Å². The smallest absolute Gasteiger partial charge is 0.375 e. The summed E-state index contributed by atoms with van der Waals surface area (Å²) in [7, 11) is -2.57. The molecule has 0 aliphatic carbocycles. The summed E-state index contributed by atoms with van der Waals surface area (Å²) < 4.78 is 29.4. The first-order chi connectivity index (χ1) is 16.3. The predicted octanol–water partition coefficient (Wildman–Crippen LogP) is 6.38. The number of carbonyl (C=O) groups excluding carboxylic acids is 1. The van der Waals surface area contributed by atoms with Gasteiger partial charge in [0.2, 0.25) is 27.8 Å². The van der Waals surface area contributed by atoms with Gasteiger partial charge in [0.1, 0.15) is 28.2 Å². The lowest BCUT2D eigenvalue weighted by molar-refractivity contribution is 0.0492. The van der Waals surface area contributed by atoms with Crippen LogP contribution in [0.25, 0.3) is 22.1 Å². The van der Waals surface area contributed by atoms with Crippen LogP contribution in [0.1, 0.15) is 23.0 Å². The standard InChI is InChI=1S/C26H34O7Si2/c1-10-30-26(28)25-21(17-11-13-18(29-3)14-12-17)23(27)22-20(33-35(7,8)9)15-19(32-34(4,5)6)16(2)24(22)31-25/h11-15H,10H2,1-9H3. The van der Waals surface area contributed by atoms with Crippen molar-refractivity contribution < 1.29 is 27.5 Å². The van der Waals surface area contributed by atoms with Gasteiger partial charge in [0.05, 0.1) is 19.3 Å². The normalized spacial score (nSPS) is 11.9. The third-order valence-corrected chi connectivity index (χ3v) is 6.67. The van der Waals surface area contributed by atoms with Crippen molar-refractivity contribution >= 4 is 33.6 Å². The zero-order chi connectivity index (χ0) is 26.1. The van der Waals surface area contributed by atoms with E-state index in [1.54, 1.807) is 44.4 Å². The lowest BCUT2D eigenvalue weighted by Gasteiger charge is -2.25. The molecule has 35 heavy (non-hydrogen) atoms. The number of methoxy groups -OCH3 is 1. The molecule has 0 unspecified atom stereocenters. The molecule has 7 nitrogen and oxygen atoms in total. The van der Waals surface area contributed by atoms with E-state index in [9.17, 15) is 9.59 Å². The Hall–Kier alpha value is -3.05. The van der Waals surface area contributed by atoms with Crippen molar-refractivity contribution in [2.75, 3.05) is 13.7 Å². The molecular weight excluding hydrogens is 480 g/mol. The number of aryl methyl sites for hydroxylation is 1. The van der Waals surface area contributed by atoms with E-state index in [4.69, 9.17) is 22.7 Å². The molecule has 0 bridgehead atoms. The van der Waals surface area contributed by atoms with Crippen LogP contribution in [0.2, 0.25) is 39.3 Å². The summed E-state index contributed by atoms with van der Waals surface area (Å²) in [5.74, 6) is 0.753. The molecule has 2 aromatic carbocycles. The molecule has 0 aliphatic rings. The highest BCUT2D eigenvalue weighted by molar-refractivity contribution is 6.71. The molecule has 0 amide bonds.